The number of carbonyl (C=O) groups is 2. The number of aromatic nitrogens is 4. The molecule has 0 bridgehead atoms. The minimum Gasteiger partial charge on any atom is -0.480 e. The lowest BCUT2D eigenvalue weighted by Crippen LogP contribution is -2.32. The molecular formula is C29H28Cl2N6O5. The zero-order valence-corrected chi connectivity index (χ0v) is 25.2. The van der Waals surface area contributed by atoms with Crippen molar-refractivity contribution >= 4 is 46.7 Å². The van der Waals surface area contributed by atoms with Gasteiger partial charge in [0.1, 0.15) is 11.1 Å². The summed E-state index contributed by atoms with van der Waals surface area (Å²) in [5, 5.41) is 11.0. The van der Waals surface area contributed by atoms with Crippen LogP contribution in [-0.4, -0.2) is 57.3 Å². The van der Waals surface area contributed by atoms with E-state index in [1.165, 1.54) is 42.1 Å². The molecule has 218 valence electrons. The second kappa shape index (κ2) is 10.8. The largest absolute Gasteiger partial charge is 0.480 e. The van der Waals surface area contributed by atoms with Crippen LogP contribution in [0.3, 0.4) is 0 Å². The highest BCUT2D eigenvalue weighted by molar-refractivity contribution is 6.31. The standard InChI is InChI=1S/C29H28Cl2N6O5/c1-14(2)36-23(18-12-32-29(34(3)4)33-25(18)42-6)21(28(40)41)20-24(36)22(15-7-9-16(30)10-8-15)37(27(20)39)17-11-19(31)26(38)35(5)13-17/h7-14,22H,1-6H3,(H,40,41). The second-order valence-electron chi connectivity index (χ2n) is 10.3. The van der Waals surface area contributed by atoms with E-state index in [0.29, 0.717) is 33.5 Å². The van der Waals surface area contributed by atoms with Crippen molar-refractivity contribution in [3.8, 4) is 17.1 Å². The number of amides is 1. The van der Waals surface area contributed by atoms with E-state index in [0.717, 1.165) is 0 Å². The molecule has 0 radical (unpaired) electrons. The van der Waals surface area contributed by atoms with Crippen LogP contribution >= 0.6 is 23.2 Å². The van der Waals surface area contributed by atoms with E-state index in [9.17, 15) is 19.5 Å². The van der Waals surface area contributed by atoms with Crippen molar-refractivity contribution in [1.82, 2.24) is 19.1 Å². The molecule has 1 aliphatic rings. The number of methoxy groups -OCH3 is 1. The van der Waals surface area contributed by atoms with Crippen molar-refractivity contribution in [2.24, 2.45) is 7.05 Å². The summed E-state index contributed by atoms with van der Waals surface area (Å²) in [6, 6.07) is 7.26. The quantitative estimate of drug-likeness (QED) is 0.308. The predicted molar refractivity (Wildman–Crippen MR) is 160 cm³/mol. The zero-order valence-electron chi connectivity index (χ0n) is 23.7. The Labute approximate surface area is 251 Å². The Morgan fingerprint density at radius 1 is 1.14 bits per heavy atom. The molecule has 11 nitrogen and oxygen atoms in total. The normalized spacial score (nSPS) is 14.5. The first kappa shape index (κ1) is 29.2. The Morgan fingerprint density at radius 2 is 1.81 bits per heavy atom. The van der Waals surface area contributed by atoms with E-state index in [-0.39, 0.29) is 33.8 Å². The molecule has 42 heavy (non-hydrogen) atoms. The number of anilines is 2. The number of aromatic carboxylic acids is 1. The van der Waals surface area contributed by atoms with Gasteiger partial charge in [-0.2, -0.15) is 4.98 Å². The number of carbonyl (C=O) groups excluding carboxylic acids is 1. The average molecular weight is 611 g/mol. The zero-order chi connectivity index (χ0) is 30.6. The van der Waals surface area contributed by atoms with Crippen LogP contribution in [0.2, 0.25) is 10.0 Å². The van der Waals surface area contributed by atoms with Crippen molar-refractivity contribution in [3.63, 3.8) is 0 Å². The Morgan fingerprint density at radius 3 is 2.36 bits per heavy atom. The number of nitrogens with zero attached hydrogens (tertiary/aromatic N) is 6. The number of hydrogen-bond acceptors (Lipinski definition) is 7. The van der Waals surface area contributed by atoms with Crippen molar-refractivity contribution in [2.45, 2.75) is 25.9 Å². The Hall–Kier alpha value is -4.35. The molecule has 0 saturated carbocycles. The first-order chi connectivity index (χ1) is 19.9. The van der Waals surface area contributed by atoms with Gasteiger partial charge < -0.3 is 23.9 Å². The monoisotopic (exact) mass is 610 g/mol. The topological polar surface area (TPSA) is 123 Å². The van der Waals surface area contributed by atoms with Gasteiger partial charge in [0.15, 0.2) is 0 Å². The summed E-state index contributed by atoms with van der Waals surface area (Å²) in [7, 11) is 6.52. The highest BCUT2D eigenvalue weighted by Crippen LogP contribution is 2.49. The highest BCUT2D eigenvalue weighted by atomic mass is 35.5. The van der Waals surface area contributed by atoms with E-state index in [2.05, 4.69) is 9.97 Å². The molecule has 0 aliphatic carbocycles. The van der Waals surface area contributed by atoms with Crippen molar-refractivity contribution in [3.05, 3.63) is 85.5 Å². The molecule has 0 saturated heterocycles. The maximum absolute atomic E-state index is 14.4. The van der Waals surface area contributed by atoms with Crippen LogP contribution < -0.4 is 20.1 Å². The summed E-state index contributed by atoms with van der Waals surface area (Å²) in [5.41, 5.74) is 1.39. The molecule has 0 spiro atoms. The number of hydrogen-bond donors (Lipinski definition) is 1. The van der Waals surface area contributed by atoms with E-state index < -0.39 is 23.5 Å². The number of benzene rings is 1. The van der Waals surface area contributed by atoms with Crippen LogP contribution in [-0.2, 0) is 7.05 Å². The number of aryl methyl sites for hydroxylation is 1. The molecular weight excluding hydrogens is 583 g/mol. The molecule has 1 aliphatic heterocycles. The summed E-state index contributed by atoms with van der Waals surface area (Å²) in [6.07, 6.45) is 3.00. The number of halogens is 2. The van der Waals surface area contributed by atoms with E-state index in [4.69, 9.17) is 27.9 Å². The minimum atomic E-state index is -1.30. The van der Waals surface area contributed by atoms with Gasteiger partial charge in [-0.15, -0.1) is 0 Å². The predicted octanol–water partition coefficient (Wildman–Crippen LogP) is 5.05. The summed E-state index contributed by atoms with van der Waals surface area (Å²) in [5.74, 6) is -1.34. The third kappa shape index (κ3) is 4.58. The Kier molecular flexibility index (Phi) is 7.50. The maximum Gasteiger partial charge on any atom is 0.338 e. The van der Waals surface area contributed by atoms with E-state index in [1.54, 1.807) is 43.3 Å². The van der Waals surface area contributed by atoms with Crippen LogP contribution in [0.5, 0.6) is 5.88 Å². The molecule has 3 aromatic heterocycles. The van der Waals surface area contributed by atoms with Gasteiger partial charge in [-0.05, 0) is 37.6 Å². The Bertz CT molecular complexity index is 1770. The third-order valence-corrected chi connectivity index (χ3v) is 7.62. The fraction of sp³-hybridized carbons (Fsp3) is 0.276. The smallest absolute Gasteiger partial charge is 0.338 e. The molecule has 4 heterocycles. The Balaban J connectivity index is 1.89. The van der Waals surface area contributed by atoms with Crippen molar-refractivity contribution < 1.29 is 19.4 Å². The number of fused-ring (bicyclic) bond motifs is 1. The van der Waals surface area contributed by atoms with Gasteiger partial charge in [0.25, 0.3) is 11.5 Å². The van der Waals surface area contributed by atoms with Gasteiger partial charge in [-0.1, -0.05) is 35.3 Å². The molecule has 0 fully saturated rings. The van der Waals surface area contributed by atoms with Gasteiger partial charge in [0.2, 0.25) is 11.8 Å². The molecule has 1 amide bonds. The summed E-state index contributed by atoms with van der Waals surface area (Å²) < 4.78 is 8.69. The first-order valence-electron chi connectivity index (χ1n) is 12.9. The van der Waals surface area contributed by atoms with Gasteiger partial charge in [-0.3, -0.25) is 14.5 Å². The molecule has 1 N–H and O–H groups in total. The summed E-state index contributed by atoms with van der Waals surface area (Å²) >= 11 is 12.5. The molecule has 5 rings (SSSR count). The van der Waals surface area contributed by atoms with E-state index >= 15 is 0 Å². The van der Waals surface area contributed by atoms with Gasteiger partial charge in [0, 0.05) is 44.6 Å². The fourth-order valence-electron chi connectivity index (χ4n) is 5.36. The molecule has 1 aromatic carbocycles. The lowest BCUT2D eigenvalue weighted by molar-refractivity contribution is 0.0693. The van der Waals surface area contributed by atoms with Crippen LogP contribution in [0, 0.1) is 0 Å². The van der Waals surface area contributed by atoms with Crippen LogP contribution in [0.15, 0.2) is 47.5 Å². The maximum atomic E-state index is 14.4. The molecule has 1 unspecified atom stereocenters. The number of carboxylic acid groups (broad SMARTS) is 1. The molecule has 13 heteroatoms. The first-order valence-corrected chi connectivity index (χ1v) is 13.7. The van der Waals surface area contributed by atoms with Crippen LogP contribution in [0.1, 0.15) is 57.9 Å². The summed E-state index contributed by atoms with van der Waals surface area (Å²) in [4.78, 5) is 51.9. The number of rotatable bonds is 7. The van der Waals surface area contributed by atoms with Gasteiger partial charge in [-0.25, -0.2) is 9.78 Å². The highest BCUT2D eigenvalue weighted by Gasteiger charge is 2.48. The van der Waals surface area contributed by atoms with Crippen molar-refractivity contribution in [1.29, 1.82) is 0 Å². The average Bonchev–Trinajstić information content (AvgIpc) is 3.44. The third-order valence-electron chi connectivity index (χ3n) is 7.10. The molecule has 1 atom stereocenters. The number of ether oxygens (including phenoxy) is 1. The lowest BCUT2D eigenvalue weighted by atomic mass is 10.0. The SMILES string of the molecule is COc1nc(N(C)C)ncc1-c1c(C(=O)O)c2c(n1C(C)C)C(c1ccc(Cl)cc1)N(c1cc(Cl)c(=O)n(C)c1)C2=O. The van der Waals surface area contributed by atoms with Crippen LogP contribution in [0.25, 0.3) is 11.3 Å². The second-order valence-corrected chi connectivity index (χ2v) is 11.2. The van der Waals surface area contributed by atoms with Gasteiger partial charge >= 0.3 is 5.97 Å². The minimum absolute atomic E-state index is 0.00913. The summed E-state index contributed by atoms with van der Waals surface area (Å²) in [6.45, 7) is 3.79. The molecule has 4 aromatic rings. The van der Waals surface area contributed by atoms with Crippen LogP contribution in [0.4, 0.5) is 11.6 Å². The van der Waals surface area contributed by atoms with Gasteiger partial charge in [0.05, 0.1) is 40.9 Å². The lowest BCUT2D eigenvalue weighted by Gasteiger charge is -2.29. The number of pyridine rings is 1. The number of carboxylic acids is 1. The van der Waals surface area contributed by atoms with Crippen molar-refractivity contribution in [2.75, 3.05) is 31.0 Å². The van der Waals surface area contributed by atoms with E-state index in [1.807, 2.05) is 18.4 Å². The fourth-order valence-corrected chi connectivity index (χ4v) is 5.73.